The van der Waals surface area contributed by atoms with Gasteiger partial charge in [-0.25, -0.2) is 8.78 Å². The molecule has 0 amide bonds. The highest BCUT2D eigenvalue weighted by atomic mass is 127. The van der Waals surface area contributed by atoms with Crippen LogP contribution in [0.15, 0.2) is 41.4 Å². The van der Waals surface area contributed by atoms with Crippen LogP contribution in [0, 0.1) is 15.2 Å². The van der Waals surface area contributed by atoms with E-state index in [4.69, 9.17) is 0 Å². The van der Waals surface area contributed by atoms with Crippen molar-refractivity contribution in [3.63, 3.8) is 0 Å². The smallest absolute Gasteiger partial charge is 0.151 e. The van der Waals surface area contributed by atoms with Gasteiger partial charge in [-0.1, -0.05) is 0 Å². The molecule has 0 aliphatic heterocycles. The summed E-state index contributed by atoms with van der Waals surface area (Å²) in [6, 6.07) is 8.10. The van der Waals surface area contributed by atoms with Crippen LogP contribution in [0.4, 0.5) is 14.5 Å². The van der Waals surface area contributed by atoms with Crippen LogP contribution in [0.3, 0.4) is 0 Å². The minimum Gasteiger partial charge on any atom is -0.507 e. The molecular weight excluding hydrogens is 351 g/mol. The molecule has 2 aromatic carbocycles. The Bertz CT molecular complexity index is 614. The molecule has 0 saturated carbocycles. The van der Waals surface area contributed by atoms with E-state index in [1.807, 2.05) is 22.6 Å². The van der Waals surface area contributed by atoms with Gasteiger partial charge >= 0.3 is 0 Å². The quantitative estimate of drug-likeness (QED) is 0.638. The van der Waals surface area contributed by atoms with Crippen LogP contribution in [0.25, 0.3) is 0 Å². The van der Waals surface area contributed by atoms with Crippen LogP contribution in [0.5, 0.6) is 5.75 Å². The molecular formula is C13H8F2INO. The van der Waals surface area contributed by atoms with Crippen molar-refractivity contribution in [1.29, 1.82) is 0 Å². The van der Waals surface area contributed by atoms with E-state index in [0.29, 0.717) is 3.57 Å². The van der Waals surface area contributed by atoms with Crippen LogP contribution >= 0.6 is 22.6 Å². The topological polar surface area (TPSA) is 32.6 Å². The first-order valence-electron chi connectivity index (χ1n) is 5.04. The Morgan fingerprint density at radius 2 is 1.89 bits per heavy atom. The number of rotatable bonds is 2. The van der Waals surface area contributed by atoms with E-state index in [1.165, 1.54) is 18.3 Å². The van der Waals surface area contributed by atoms with Gasteiger partial charge in [-0.2, -0.15) is 0 Å². The van der Waals surface area contributed by atoms with Gasteiger partial charge in [0.2, 0.25) is 0 Å². The van der Waals surface area contributed by atoms with Crippen molar-refractivity contribution >= 4 is 34.5 Å². The molecule has 0 atom stereocenters. The van der Waals surface area contributed by atoms with E-state index < -0.39 is 11.6 Å². The zero-order valence-electron chi connectivity index (χ0n) is 9.07. The molecule has 0 spiro atoms. The highest BCUT2D eigenvalue weighted by molar-refractivity contribution is 14.1. The number of hydrogen-bond acceptors (Lipinski definition) is 2. The molecule has 2 nitrogen and oxygen atoms in total. The lowest BCUT2D eigenvalue weighted by Crippen LogP contribution is -1.84. The molecule has 1 N–H and O–H groups in total. The first-order valence-corrected chi connectivity index (χ1v) is 6.12. The number of benzene rings is 2. The minimum absolute atomic E-state index is 0.0690. The maximum atomic E-state index is 13.3. The third kappa shape index (κ3) is 3.04. The molecule has 0 bridgehead atoms. The fraction of sp³-hybridized carbons (Fsp3) is 0. The molecule has 0 fully saturated rings. The van der Waals surface area contributed by atoms with Crippen molar-refractivity contribution in [2.45, 2.75) is 0 Å². The normalized spacial score (nSPS) is 11.1. The second kappa shape index (κ2) is 5.43. The molecule has 2 aromatic rings. The molecule has 5 heteroatoms. The lowest BCUT2D eigenvalue weighted by atomic mass is 10.2. The monoisotopic (exact) mass is 359 g/mol. The van der Waals surface area contributed by atoms with Crippen molar-refractivity contribution in [1.82, 2.24) is 0 Å². The Balaban J connectivity index is 2.27. The zero-order chi connectivity index (χ0) is 13.1. The van der Waals surface area contributed by atoms with E-state index >= 15 is 0 Å². The van der Waals surface area contributed by atoms with Gasteiger partial charge in [0.15, 0.2) is 5.82 Å². The number of aromatic hydroxyl groups is 1. The standard InChI is InChI=1S/C13H8F2INO/c14-9-2-3-12(10(15)6-9)17-7-8-1-4-13(18)11(16)5-8/h1-7,18H. The molecule has 0 unspecified atom stereocenters. The van der Waals surface area contributed by atoms with Crippen LogP contribution in [-0.2, 0) is 0 Å². The Kier molecular flexibility index (Phi) is 3.90. The fourth-order valence-electron chi connectivity index (χ4n) is 1.33. The Morgan fingerprint density at radius 1 is 1.11 bits per heavy atom. The summed E-state index contributed by atoms with van der Waals surface area (Å²) in [6.45, 7) is 0. The molecule has 0 radical (unpaired) electrons. The Labute approximate surface area is 116 Å². The van der Waals surface area contributed by atoms with Crippen molar-refractivity contribution in [3.8, 4) is 5.75 Å². The summed E-state index contributed by atoms with van der Waals surface area (Å²) in [4.78, 5) is 3.94. The third-order valence-corrected chi connectivity index (χ3v) is 3.10. The lowest BCUT2D eigenvalue weighted by Gasteiger charge is -1.99. The van der Waals surface area contributed by atoms with E-state index in [0.717, 1.165) is 17.7 Å². The predicted octanol–water partition coefficient (Wildman–Crippen LogP) is 4.03. The molecule has 0 aliphatic rings. The van der Waals surface area contributed by atoms with Gasteiger partial charge in [-0.3, -0.25) is 4.99 Å². The fourth-order valence-corrected chi connectivity index (χ4v) is 1.87. The van der Waals surface area contributed by atoms with E-state index in [-0.39, 0.29) is 11.4 Å². The highest BCUT2D eigenvalue weighted by Gasteiger charge is 2.02. The predicted molar refractivity (Wildman–Crippen MR) is 74.4 cm³/mol. The minimum atomic E-state index is -0.709. The highest BCUT2D eigenvalue weighted by Crippen LogP contribution is 2.21. The van der Waals surface area contributed by atoms with Gasteiger partial charge in [0.05, 0.1) is 9.26 Å². The van der Waals surface area contributed by atoms with Crippen LogP contribution < -0.4 is 0 Å². The average molecular weight is 359 g/mol. The SMILES string of the molecule is Oc1ccc(C=Nc2ccc(F)cc2F)cc1I. The van der Waals surface area contributed by atoms with Crippen molar-refractivity contribution in [2.75, 3.05) is 0 Å². The number of phenols is 1. The second-order valence-corrected chi connectivity index (χ2v) is 4.73. The zero-order valence-corrected chi connectivity index (χ0v) is 11.2. The van der Waals surface area contributed by atoms with Crippen molar-refractivity contribution in [3.05, 3.63) is 57.2 Å². The van der Waals surface area contributed by atoms with Gasteiger partial charge in [-0.15, -0.1) is 0 Å². The summed E-state index contributed by atoms with van der Waals surface area (Å²) >= 11 is 1.98. The molecule has 0 aromatic heterocycles. The number of halogens is 3. The third-order valence-electron chi connectivity index (χ3n) is 2.23. The first-order chi connectivity index (χ1) is 8.56. The van der Waals surface area contributed by atoms with E-state index in [9.17, 15) is 13.9 Å². The van der Waals surface area contributed by atoms with E-state index in [1.54, 1.807) is 12.1 Å². The summed E-state index contributed by atoms with van der Waals surface area (Å²) in [5, 5.41) is 9.35. The first kappa shape index (κ1) is 12.9. The average Bonchev–Trinajstić information content (AvgIpc) is 2.32. The molecule has 0 saturated heterocycles. The van der Waals surface area contributed by atoms with Crippen LogP contribution in [-0.4, -0.2) is 11.3 Å². The number of nitrogens with zero attached hydrogens (tertiary/aromatic N) is 1. The Morgan fingerprint density at radius 3 is 2.56 bits per heavy atom. The molecule has 0 heterocycles. The maximum Gasteiger partial charge on any atom is 0.151 e. The second-order valence-electron chi connectivity index (χ2n) is 3.56. The Hall–Kier alpha value is -1.50. The number of phenolic OH excluding ortho intramolecular Hbond substituents is 1. The molecule has 2 rings (SSSR count). The van der Waals surface area contributed by atoms with E-state index in [2.05, 4.69) is 4.99 Å². The summed E-state index contributed by atoms with van der Waals surface area (Å²) < 4.78 is 26.7. The summed E-state index contributed by atoms with van der Waals surface area (Å²) in [6.07, 6.45) is 1.46. The molecule has 92 valence electrons. The van der Waals surface area contributed by atoms with Gasteiger partial charge in [0.25, 0.3) is 0 Å². The van der Waals surface area contributed by atoms with Gasteiger partial charge in [0.1, 0.15) is 11.6 Å². The van der Waals surface area contributed by atoms with Crippen LogP contribution in [0.1, 0.15) is 5.56 Å². The maximum absolute atomic E-state index is 13.3. The molecule has 0 aliphatic carbocycles. The summed E-state index contributed by atoms with van der Waals surface area (Å²) in [5.41, 5.74) is 0.792. The van der Waals surface area contributed by atoms with Gasteiger partial charge in [-0.05, 0) is 58.5 Å². The molecule has 18 heavy (non-hydrogen) atoms. The number of aliphatic imine (C=N–C) groups is 1. The summed E-state index contributed by atoms with van der Waals surface area (Å²) in [7, 11) is 0. The summed E-state index contributed by atoms with van der Waals surface area (Å²) in [5.74, 6) is -1.16. The largest absolute Gasteiger partial charge is 0.507 e. The van der Waals surface area contributed by atoms with Crippen LogP contribution in [0.2, 0.25) is 0 Å². The van der Waals surface area contributed by atoms with Gasteiger partial charge in [0, 0.05) is 12.3 Å². The van der Waals surface area contributed by atoms with Crippen molar-refractivity contribution < 1.29 is 13.9 Å². The van der Waals surface area contributed by atoms with Gasteiger partial charge < -0.3 is 5.11 Å². The lowest BCUT2D eigenvalue weighted by molar-refractivity contribution is 0.471. The number of hydrogen-bond donors (Lipinski definition) is 1. The van der Waals surface area contributed by atoms with Crippen molar-refractivity contribution in [2.24, 2.45) is 4.99 Å².